The van der Waals surface area contributed by atoms with Gasteiger partial charge in [0.1, 0.15) is 0 Å². The normalized spacial score (nSPS) is 12.1. The highest BCUT2D eigenvalue weighted by atomic mass is 79.9. The van der Waals surface area contributed by atoms with Crippen molar-refractivity contribution in [2.45, 2.75) is 19.5 Å². The lowest BCUT2D eigenvalue weighted by Gasteiger charge is -2.24. The number of hydrogen-bond acceptors (Lipinski definition) is 3. The second kappa shape index (κ2) is 8.26. The fourth-order valence-electron chi connectivity index (χ4n) is 2.21. The van der Waals surface area contributed by atoms with Crippen LogP contribution in [0.15, 0.2) is 46.9 Å². The molecule has 2 aromatic rings. The SMILES string of the molecule is COc1ccc(CN(C)[C@@H](C)C(=O)Nc2ccc(Br)cc2)cc1F. The first kappa shape index (κ1) is 18.4. The van der Waals surface area contributed by atoms with Crippen LogP contribution in [0.5, 0.6) is 5.75 Å². The average molecular weight is 395 g/mol. The number of halogens is 2. The Morgan fingerprint density at radius 3 is 2.54 bits per heavy atom. The second-order valence-corrected chi connectivity index (χ2v) is 6.47. The minimum Gasteiger partial charge on any atom is -0.494 e. The van der Waals surface area contributed by atoms with E-state index in [1.54, 1.807) is 12.1 Å². The molecule has 1 atom stereocenters. The molecule has 0 radical (unpaired) electrons. The van der Waals surface area contributed by atoms with Crippen LogP contribution < -0.4 is 10.1 Å². The predicted molar refractivity (Wildman–Crippen MR) is 96.7 cm³/mol. The summed E-state index contributed by atoms with van der Waals surface area (Å²) >= 11 is 3.36. The lowest BCUT2D eigenvalue weighted by molar-refractivity contribution is -0.120. The molecule has 2 aromatic carbocycles. The number of benzene rings is 2. The molecule has 1 N–H and O–H groups in total. The lowest BCUT2D eigenvalue weighted by Crippen LogP contribution is -2.39. The van der Waals surface area contributed by atoms with Gasteiger partial charge in [0, 0.05) is 16.7 Å². The van der Waals surface area contributed by atoms with Crippen LogP contribution in [0.2, 0.25) is 0 Å². The molecule has 0 bridgehead atoms. The summed E-state index contributed by atoms with van der Waals surface area (Å²) in [5, 5.41) is 2.87. The van der Waals surface area contributed by atoms with Gasteiger partial charge in [-0.05, 0) is 55.9 Å². The van der Waals surface area contributed by atoms with Gasteiger partial charge in [0.15, 0.2) is 11.6 Å². The third kappa shape index (κ3) is 4.79. The molecule has 6 heteroatoms. The molecule has 0 aliphatic carbocycles. The highest BCUT2D eigenvalue weighted by molar-refractivity contribution is 9.10. The molecule has 0 aliphatic heterocycles. The van der Waals surface area contributed by atoms with E-state index in [1.807, 2.05) is 43.1 Å². The number of rotatable bonds is 6. The van der Waals surface area contributed by atoms with E-state index in [0.717, 1.165) is 15.7 Å². The molecular weight excluding hydrogens is 375 g/mol. The monoisotopic (exact) mass is 394 g/mol. The Morgan fingerprint density at radius 2 is 1.96 bits per heavy atom. The summed E-state index contributed by atoms with van der Waals surface area (Å²) in [5.74, 6) is -0.313. The smallest absolute Gasteiger partial charge is 0.241 e. The summed E-state index contributed by atoms with van der Waals surface area (Å²) in [6, 6.07) is 11.8. The number of carbonyl (C=O) groups excluding carboxylic acids is 1. The Balaban J connectivity index is 1.97. The molecule has 0 unspecified atom stereocenters. The summed E-state index contributed by atoms with van der Waals surface area (Å²) in [7, 11) is 3.26. The number of nitrogens with zero attached hydrogens (tertiary/aromatic N) is 1. The van der Waals surface area contributed by atoms with Gasteiger partial charge in [0.2, 0.25) is 5.91 Å². The maximum absolute atomic E-state index is 13.8. The van der Waals surface area contributed by atoms with Crippen molar-refractivity contribution in [3.8, 4) is 5.75 Å². The number of likely N-dealkylation sites (N-methyl/N-ethyl adjacent to an activating group) is 1. The van der Waals surface area contributed by atoms with Crippen molar-refractivity contribution < 1.29 is 13.9 Å². The van der Waals surface area contributed by atoms with Gasteiger partial charge in [-0.2, -0.15) is 0 Å². The molecule has 1 amide bonds. The van der Waals surface area contributed by atoms with E-state index in [1.165, 1.54) is 13.2 Å². The van der Waals surface area contributed by atoms with Crippen LogP contribution in [-0.4, -0.2) is 31.0 Å². The molecule has 4 nitrogen and oxygen atoms in total. The van der Waals surface area contributed by atoms with Crippen LogP contribution >= 0.6 is 15.9 Å². The van der Waals surface area contributed by atoms with Gasteiger partial charge in [0.25, 0.3) is 0 Å². The molecular formula is C18H20BrFN2O2. The fourth-order valence-corrected chi connectivity index (χ4v) is 2.48. The summed E-state index contributed by atoms with van der Waals surface area (Å²) in [5.41, 5.74) is 1.51. The van der Waals surface area contributed by atoms with Gasteiger partial charge in [-0.25, -0.2) is 4.39 Å². The van der Waals surface area contributed by atoms with E-state index in [0.29, 0.717) is 6.54 Å². The summed E-state index contributed by atoms with van der Waals surface area (Å²) in [4.78, 5) is 14.2. The van der Waals surface area contributed by atoms with Crippen molar-refractivity contribution in [3.63, 3.8) is 0 Å². The van der Waals surface area contributed by atoms with Crippen LogP contribution in [0.25, 0.3) is 0 Å². The zero-order chi connectivity index (χ0) is 17.7. The van der Waals surface area contributed by atoms with E-state index < -0.39 is 5.82 Å². The molecule has 0 heterocycles. The molecule has 0 aromatic heterocycles. The van der Waals surface area contributed by atoms with Crippen molar-refractivity contribution in [3.05, 3.63) is 58.3 Å². The minimum atomic E-state index is -0.407. The van der Waals surface area contributed by atoms with Crippen LogP contribution in [0.1, 0.15) is 12.5 Å². The molecule has 0 aliphatic rings. The van der Waals surface area contributed by atoms with Crippen LogP contribution in [-0.2, 0) is 11.3 Å². The first-order valence-electron chi connectivity index (χ1n) is 7.50. The zero-order valence-electron chi connectivity index (χ0n) is 13.8. The number of methoxy groups -OCH3 is 1. The van der Waals surface area contributed by atoms with Gasteiger partial charge >= 0.3 is 0 Å². The van der Waals surface area contributed by atoms with E-state index >= 15 is 0 Å². The quantitative estimate of drug-likeness (QED) is 0.802. The average Bonchev–Trinajstić information content (AvgIpc) is 2.56. The van der Waals surface area contributed by atoms with Gasteiger partial charge in [0.05, 0.1) is 13.2 Å². The van der Waals surface area contributed by atoms with Crippen LogP contribution in [0, 0.1) is 5.82 Å². The Labute approximate surface area is 149 Å². The minimum absolute atomic E-state index is 0.117. The van der Waals surface area contributed by atoms with Gasteiger partial charge in [-0.15, -0.1) is 0 Å². The number of anilines is 1. The highest BCUT2D eigenvalue weighted by Gasteiger charge is 2.18. The fraction of sp³-hybridized carbons (Fsp3) is 0.278. The number of ether oxygens (including phenoxy) is 1. The predicted octanol–water partition coefficient (Wildman–Crippen LogP) is 4.06. The number of amides is 1. The van der Waals surface area contributed by atoms with Crippen LogP contribution in [0.3, 0.4) is 0 Å². The highest BCUT2D eigenvalue weighted by Crippen LogP contribution is 2.19. The van der Waals surface area contributed by atoms with Gasteiger partial charge in [-0.1, -0.05) is 22.0 Å². The topological polar surface area (TPSA) is 41.6 Å². The maximum Gasteiger partial charge on any atom is 0.241 e. The molecule has 2 rings (SSSR count). The first-order valence-corrected chi connectivity index (χ1v) is 8.29. The van der Waals surface area contributed by atoms with E-state index in [4.69, 9.17) is 4.74 Å². The molecule has 0 saturated carbocycles. The van der Waals surface area contributed by atoms with Crippen molar-refractivity contribution >= 4 is 27.5 Å². The molecule has 0 spiro atoms. The van der Waals surface area contributed by atoms with E-state index in [9.17, 15) is 9.18 Å². The van der Waals surface area contributed by atoms with Crippen molar-refractivity contribution in [2.24, 2.45) is 0 Å². The largest absolute Gasteiger partial charge is 0.494 e. The van der Waals surface area contributed by atoms with E-state index in [-0.39, 0.29) is 17.7 Å². The standard InChI is InChI=1S/C18H20BrFN2O2/c1-12(18(23)21-15-7-5-14(19)6-8-15)22(2)11-13-4-9-17(24-3)16(20)10-13/h4-10,12H,11H2,1-3H3,(H,21,23)/t12-/m0/s1. The summed E-state index contributed by atoms with van der Waals surface area (Å²) < 4.78 is 19.6. The molecule has 128 valence electrons. The molecule has 0 fully saturated rings. The number of carbonyl (C=O) groups is 1. The lowest BCUT2D eigenvalue weighted by atomic mass is 10.1. The molecule has 24 heavy (non-hydrogen) atoms. The first-order chi connectivity index (χ1) is 11.4. The Kier molecular flexibility index (Phi) is 6.34. The third-order valence-corrected chi connectivity index (χ3v) is 4.33. The maximum atomic E-state index is 13.8. The Bertz CT molecular complexity index is 707. The zero-order valence-corrected chi connectivity index (χ0v) is 15.4. The number of nitrogens with one attached hydrogen (secondary N) is 1. The summed E-state index contributed by atoms with van der Waals surface area (Å²) in [6.07, 6.45) is 0. The van der Waals surface area contributed by atoms with Gasteiger partial charge in [-0.3, -0.25) is 9.69 Å². The van der Waals surface area contributed by atoms with Gasteiger partial charge < -0.3 is 10.1 Å². The van der Waals surface area contributed by atoms with E-state index in [2.05, 4.69) is 21.2 Å². The second-order valence-electron chi connectivity index (χ2n) is 5.56. The summed E-state index contributed by atoms with van der Waals surface area (Å²) in [6.45, 7) is 2.27. The van der Waals surface area contributed by atoms with Crippen molar-refractivity contribution in [2.75, 3.05) is 19.5 Å². The molecule has 0 saturated heterocycles. The van der Waals surface area contributed by atoms with Crippen molar-refractivity contribution in [1.29, 1.82) is 0 Å². The number of hydrogen-bond donors (Lipinski definition) is 1. The third-order valence-electron chi connectivity index (χ3n) is 3.80. The van der Waals surface area contributed by atoms with Crippen molar-refractivity contribution in [1.82, 2.24) is 4.90 Å². The Hall–Kier alpha value is -1.92. The Morgan fingerprint density at radius 1 is 1.29 bits per heavy atom. The van der Waals surface area contributed by atoms with Crippen LogP contribution in [0.4, 0.5) is 10.1 Å².